The Morgan fingerprint density at radius 1 is 1.20 bits per heavy atom. The van der Waals surface area contributed by atoms with E-state index in [2.05, 4.69) is 5.32 Å². The summed E-state index contributed by atoms with van der Waals surface area (Å²) in [5.41, 5.74) is 0.577. The smallest absolute Gasteiger partial charge is 0.106 e. The molecule has 2 heterocycles. The van der Waals surface area contributed by atoms with Crippen molar-refractivity contribution in [3.63, 3.8) is 0 Å². The van der Waals surface area contributed by atoms with E-state index in [-0.39, 0.29) is 0 Å². The standard InChI is InChI=1S/C7H13NOS/c9-10-3-1-7(2-4-10)5-8-6-7/h8H,1-6H2. The zero-order valence-electron chi connectivity index (χ0n) is 6.06. The molecular weight excluding hydrogens is 146 g/mol. The first-order chi connectivity index (χ1) is 4.81. The summed E-state index contributed by atoms with van der Waals surface area (Å²) in [6, 6.07) is 0. The van der Waals surface area contributed by atoms with E-state index in [1.807, 2.05) is 0 Å². The second kappa shape index (κ2) is 2.40. The van der Waals surface area contributed by atoms with Gasteiger partial charge in [-0.05, 0) is 0 Å². The second-order valence-corrected chi connectivity index (χ2v) is 5.15. The summed E-state index contributed by atoms with van der Waals surface area (Å²) in [6.45, 7) is 2.34. The molecule has 1 N–H and O–H groups in total. The Kier molecular flexibility index (Phi) is 1.66. The number of hydrogen-bond donors (Lipinski definition) is 1. The lowest BCUT2D eigenvalue weighted by molar-refractivity contribution is 0.150. The zero-order valence-corrected chi connectivity index (χ0v) is 6.88. The fraction of sp³-hybridized carbons (Fsp3) is 1.00. The number of nitrogens with one attached hydrogen (secondary N) is 1. The maximum atomic E-state index is 11.0. The highest BCUT2D eigenvalue weighted by Crippen LogP contribution is 2.35. The van der Waals surface area contributed by atoms with Crippen molar-refractivity contribution in [1.29, 1.82) is 0 Å². The molecule has 2 aliphatic heterocycles. The van der Waals surface area contributed by atoms with Crippen molar-refractivity contribution in [2.45, 2.75) is 12.8 Å². The Balaban J connectivity index is 1.90. The molecule has 1 spiro atoms. The molecule has 3 heteroatoms. The fourth-order valence-electron chi connectivity index (χ4n) is 1.72. The quantitative estimate of drug-likeness (QED) is 0.509. The molecule has 2 saturated heterocycles. The predicted molar refractivity (Wildman–Crippen MR) is 42.4 cm³/mol. The van der Waals surface area contributed by atoms with Gasteiger partial charge in [-0.2, -0.15) is 0 Å². The average molecular weight is 159 g/mol. The topological polar surface area (TPSA) is 35.1 Å². The molecular formula is C7H13NOS. The van der Waals surface area contributed by atoms with Crippen LogP contribution < -0.4 is 5.32 Å². The van der Waals surface area contributed by atoms with Crippen LogP contribution in [0.5, 0.6) is 0 Å². The van der Waals surface area contributed by atoms with Gasteiger partial charge in [-0.25, -0.2) is 0 Å². The van der Waals surface area contributed by atoms with Crippen LogP contribution >= 0.6 is 0 Å². The molecule has 58 valence electrons. The van der Waals surface area contributed by atoms with Gasteiger partial charge in [0, 0.05) is 31.3 Å². The minimum atomic E-state index is -0.482. The molecule has 0 saturated carbocycles. The van der Waals surface area contributed by atoms with Gasteiger partial charge in [0.2, 0.25) is 0 Å². The Morgan fingerprint density at radius 3 is 2.20 bits per heavy atom. The minimum absolute atomic E-state index is 0.482. The normalized spacial score (nSPS) is 32.1. The SMILES string of the molecule is [O-][S+]1CCC2(CC1)CNC2. The van der Waals surface area contributed by atoms with Gasteiger partial charge in [-0.3, -0.25) is 0 Å². The van der Waals surface area contributed by atoms with Gasteiger partial charge in [0.05, 0.1) is 0 Å². The molecule has 0 aromatic heterocycles. The molecule has 2 fully saturated rings. The average Bonchev–Trinajstić information content (AvgIpc) is 1.86. The summed E-state index contributed by atoms with van der Waals surface area (Å²) < 4.78 is 11.0. The fourth-order valence-corrected chi connectivity index (χ4v) is 3.25. The van der Waals surface area contributed by atoms with Crippen LogP contribution in [-0.4, -0.2) is 29.1 Å². The van der Waals surface area contributed by atoms with Crippen molar-refractivity contribution in [2.24, 2.45) is 5.41 Å². The molecule has 0 aromatic carbocycles. The first-order valence-corrected chi connectivity index (χ1v) is 5.35. The highest BCUT2D eigenvalue weighted by atomic mass is 32.2. The minimum Gasteiger partial charge on any atom is -0.616 e. The largest absolute Gasteiger partial charge is 0.616 e. The van der Waals surface area contributed by atoms with Gasteiger partial charge >= 0.3 is 0 Å². The van der Waals surface area contributed by atoms with E-state index >= 15 is 0 Å². The van der Waals surface area contributed by atoms with Crippen molar-refractivity contribution in [3.05, 3.63) is 0 Å². The first-order valence-electron chi connectivity index (χ1n) is 3.87. The van der Waals surface area contributed by atoms with E-state index in [0.29, 0.717) is 5.41 Å². The molecule has 2 rings (SSSR count). The highest BCUT2D eigenvalue weighted by Gasteiger charge is 2.41. The summed E-state index contributed by atoms with van der Waals surface area (Å²) in [7, 11) is 0. The molecule has 0 atom stereocenters. The van der Waals surface area contributed by atoms with E-state index in [0.717, 1.165) is 11.5 Å². The zero-order chi connectivity index (χ0) is 7.03. The second-order valence-electron chi connectivity index (χ2n) is 3.45. The maximum absolute atomic E-state index is 11.0. The van der Waals surface area contributed by atoms with Crippen LogP contribution in [0.3, 0.4) is 0 Å². The van der Waals surface area contributed by atoms with Crippen molar-refractivity contribution in [3.8, 4) is 0 Å². The predicted octanol–water partition coefficient (Wildman–Crippen LogP) is 0.119. The van der Waals surface area contributed by atoms with Crippen LogP contribution in [0.25, 0.3) is 0 Å². The summed E-state index contributed by atoms with van der Waals surface area (Å²) >= 11 is -0.482. The molecule has 0 aromatic rings. The third-order valence-electron chi connectivity index (χ3n) is 2.72. The molecule has 0 radical (unpaired) electrons. The van der Waals surface area contributed by atoms with E-state index in [1.165, 1.54) is 25.9 Å². The number of rotatable bonds is 0. The molecule has 2 aliphatic rings. The van der Waals surface area contributed by atoms with Crippen LogP contribution in [0, 0.1) is 5.41 Å². The van der Waals surface area contributed by atoms with E-state index in [9.17, 15) is 4.55 Å². The Morgan fingerprint density at radius 2 is 1.80 bits per heavy atom. The van der Waals surface area contributed by atoms with Crippen molar-refractivity contribution < 1.29 is 4.55 Å². The Bertz CT molecular complexity index is 126. The maximum Gasteiger partial charge on any atom is 0.106 e. The Labute approximate surface area is 64.6 Å². The molecule has 0 aliphatic carbocycles. The Hall–Kier alpha value is 0.270. The van der Waals surface area contributed by atoms with E-state index in [1.54, 1.807) is 0 Å². The lowest BCUT2D eigenvalue weighted by Crippen LogP contribution is -2.56. The third kappa shape index (κ3) is 1.06. The monoisotopic (exact) mass is 159 g/mol. The lowest BCUT2D eigenvalue weighted by Gasteiger charge is -2.45. The van der Waals surface area contributed by atoms with E-state index in [4.69, 9.17) is 0 Å². The van der Waals surface area contributed by atoms with Gasteiger partial charge in [0.1, 0.15) is 11.5 Å². The molecule has 0 amide bonds. The summed E-state index contributed by atoms with van der Waals surface area (Å²) in [5.74, 6) is 1.89. The molecule has 0 unspecified atom stereocenters. The van der Waals surface area contributed by atoms with Crippen molar-refractivity contribution in [2.75, 3.05) is 24.6 Å². The molecule has 10 heavy (non-hydrogen) atoms. The summed E-state index contributed by atoms with van der Waals surface area (Å²) in [5, 5.41) is 3.29. The van der Waals surface area contributed by atoms with Crippen LogP contribution in [-0.2, 0) is 11.2 Å². The first kappa shape index (κ1) is 6.95. The van der Waals surface area contributed by atoms with Gasteiger partial charge < -0.3 is 9.87 Å². The molecule has 2 nitrogen and oxygen atoms in total. The van der Waals surface area contributed by atoms with E-state index < -0.39 is 11.2 Å². The van der Waals surface area contributed by atoms with Crippen molar-refractivity contribution >= 4 is 11.2 Å². The highest BCUT2D eigenvalue weighted by molar-refractivity contribution is 7.91. The van der Waals surface area contributed by atoms with Crippen LogP contribution in [0.15, 0.2) is 0 Å². The molecule has 0 bridgehead atoms. The summed E-state index contributed by atoms with van der Waals surface area (Å²) in [4.78, 5) is 0. The lowest BCUT2D eigenvalue weighted by atomic mass is 9.77. The van der Waals surface area contributed by atoms with Crippen molar-refractivity contribution in [1.82, 2.24) is 5.32 Å². The van der Waals surface area contributed by atoms with Crippen LogP contribution in [0.1, 0.15) is 12.8 Å². The number of hydrogen-bond acceptors (Lipinski definition) is 2. The van der Waals surface area contributed by atoms with Crippen LogP contribution in [0.4, 0.5) is 0 Å². The van der Waals surface area contributed by atoms with Gasteiger partial charge in [-0.15, -0.1) is 0 Å². The van der Waals surface area contributed by atoms with Gasteiger partial charge in [0.25, 0.3) is 0 Å². The third-order valence-corrected chi connectivity index (χ3v) is 4.04. The van der Waals surface area contributed by atoms with Gasteiger partial charge in [-0.1, -0.05) is 11.2 Å². The van der Waals surface area contributed by atoms with Crippen LogP contribution in [0.2, 0.25) is 0 Å². The van der Waals surface area contributed by atoms with Gasteiger partial charge in [0.15, 0.2) is 0 Å². The summed E-state index contributed by atoms with van der Waals surface area (Å²) in [6.07, 6.45) is 2.37.